The number of aryl methyl sites for hydroxylation is 1. The zero-order valence-electron chi connectivity index (χ0n) is 13.7. The molecule has 3 rings (SSSR count). The van der Waals surface area contributed by atoms with Gasteiger partial charge in [-0.1, -0.05) is 17.7 Å². The molecular formula is C17H22N4O3. The minimum Gasteiger partial charge on any atom is -0.352 e. The molecule has 4 amide bonds. The standard InChI is InChI=1S/C17H22N4O3/c1-12-2-6-14(7-3-12)21-9-8-20(17(21)24)11-16(23)18-10-15(22)19-13-4-5-13/h2-3,6-7,13H,4-5,8-11H2,1H3,(H,18,23)(H,19,22). The van der Waals surface area contributed by atoms with Crippen molar-refractivity contribution in [3.8, 4) is 0 Å². The van der Waals surface area contributed by atoms with Crippen LogP contribution in [0.4, 0.5) is 10.5 Å². The van der Waals surface area contributed by atoms with Crippen molar-refractivity contribution in [2.24, 2.45) is 0 Å². The van der Waals surface area contributed by atoms with E-state index in [0.29, 0.717) is 13.1 Å². The summed E-state index contributed by atoms with van der Waals surface area (Å²) in [5, 5.41) is 5.36. The first-order chi connectivity index (χ1) is 11.5. The Morgan fingerprint density at radius 1 is 1.12 bits per heavy atom. The molecule has 2 fully saturated rings. The predicted octanol–water partition coefficient (Wildman–Crippen LogP) is 0.632. The van der Waals surface area contributed by atoms with Crippen molar-refractivity contribution in [2.45, 2.75) is 25.8 Å². The van der Waals surface area contributed by atoms with Crippen LogP contribution in [0.3, 0.4) is 0 Å². The average molecular weight is 330 g/mol. The van der Waals surface area contributed by atoms with Crippen LogP contribution < -0.4 is 15.5 Å². The Morgan fingerprint density at radius 2 is 1.83 bits per heavy atom. The fraction of sp³-hybridized carbons (Fsp3) is 0.471. The van der Waals surface area contributed by atoms with E-state index in [-0.39, 0.29) is 37.0 Å². The number of nitrogens with one attached hydrogen (secondary N) is 2. The molecule has 1 saturated heterocycles. The zero-order valence-corrected chi connectivity index (χ0v) is 13.7. The van der Waals surface area contributed by atoms with Crippen LogP contribution in [-0.2, 0) is 9.59 Å². The number of anilines is 1. The van der Waals surface area contributed by atoms with Gasteiger partial charge in [0.1, 0.15) is 6.54 Å². The van der Waals surface area contributed by atoms with Crippen LogP contribution in [-0.4, -0.2) is 55.0 Å². The van der Waals surface area contributed by atoms with Gasteiger partial charge >= 0.3 is 6.03 Å². The maximum Gasteiger partial charge on any atom is 0.325 e. The van der Waals surface area contributed by atoms with Gasteiger partial charge in [0.2, 0.25) is 11.8 Å². The van der Waals surface area contributed by atoms with E-state index in [1.807, 2.05) is 31.2 Å². The third kappa shape index (κ3) is 4.04. The first-order valence-electron chi connectivity index (χ1n) is 8.22. The normalized spacial score (nSPS) is 17.1. The van der Waals surface area contributed by atoms with E-state index in [4.69, 9.17) is 0 Å². The summed E-state index contributed by atoms with van der Waals surface area (Å²) < 4.78 is 0. The summed E-state index contributed by atoms with van der Waals surface area (Å²) in [6.45, 7) is 2.97. The molecule has 1 aliphatic heterocycles. The van der Waals surface area contributed by atoms with Crippen LogP contribution in [0.5, 0.6) is 0 Å². The van der Waals surface area contributed by atoms with Gasteiger partial charge in [-0.25, -0.2) is 4.79 Å². The van der Waals surface area contributed by atoms with Crippen LogP contribution >= 0.6 is 0 Å². The summed E-state index contributed by atoms with van der Waals surface area (Å²) in [4.78, 5) is 39.0. The predicted molar refractivity (Wildman–Crippen MR) is 89.7 cm³/mol. The van der Waals surface area contributed by atoms with Crippen molar-refractivity contribution < 1.29 is 14.4 Å². The fourth-order valence-electron chi connectivity index (χ4n) is 2.61. The van der Waals surface area contributed by atoms with Gasteiger partial charge in [0.05, 0.1) is 6.54 Å². The second-order valence-corrected chi connectivity index (χ2v) is 6.31. The first-order valence-corrected chi connectivity index (χ1v) is 8.22. The lowest BCUT2D eigenvalue weighted by Crippen LogP contribution is -2.43. The van der Waals surface area contributed by atoms with E-state index in [1.54, 1.807) is 4.90 Å². The van der Waals surface area contributed by atoms with Crippen LogP contribution in [0.1, 0.15) is 18.4 Å². The Balaban J connectivity index is 1.47. The monoisotopic (exact) mass is 330 g/mol. The third-order valence-electron chi connectivity index (χ3n) is 4.16. The van der Waals surface area contributed by atoms with Gasteiger partial charge in [-0.2, -0.15) is 0 Å². The smallest absolute Gasteiger partial charge is 0.325 e. The first kappa shape index (κ1) is 16.3. The molecule has 1 aromatic rings. The van der Waals surface area contributed by atoms with E-state index < -0.39 is 0 Å². The Kier molecular flexibility index (Phi) is 4.69. The van der Waals surface area contributed by atoms with Gasteiger partial charge in [0.15, 0.2) is 0 Å². The zero-order chi connectivity index (χ0) is 17.1. The number of carbonyl (C=O) groups excluding carboxylic acids is 3. The van der Waals surface area contributed by atoms with Gasteiger partial charge in [-0.3, -0.25) is 14.5 Å². The van der Waals surface area contributed by atoms with Crippen LogP contribution in [0.25, 0.3) is 0 Å². The summed E-state index contributed by atoms with van der Waals surface area (Å²) in [5.41, 5.74) is 1.96. The largest absolute Gasteiger partial charge is 0.352 e. The molecule has 1 saturated carbocycles. The summed E-state index contributed by atoms with van der Waals surface area (Å²) in [6, 6.07) is 7.80. The Labute approximate surface area is 141 Å². The van der Waals surface area contributed by atoms with E-state index >= 15 is 0 Å². The minimum atomic E-state index is -0.319. The van der Waals surface area contributed by atoms with Gasteiger partial charge < -0.3 is 15.5 Å². The number of hydrogen-bond donors (Lipinski definition) is 2. The Bertz CT molecular complexity index is 640. The Morgan fingerprint density at radius 3 is 2.50 bits per heavy atom. The van der Waals surface area contributed by atoms with Crippen molar-refractivity contribution >= 4 is 23.5 Å². The fourth-order valence-corrected chi connectivity index (χ4v) is 2.61. The molecule has 0 unspecified atom stereocenters. The number of benzene rings is 1. The quantitative estimate of drug-likeness (QED) is 0.803. The maximum absolute atomic E-state index is 12.4. The molecule has 0 bridgehead atoms. The van der Waals surface area contributed by atoms with E-state index in [0.717, 1.165) is 24.1 Å². The molecule has 0 radical (unpaired) electrons. The lowest BCUT2D eigenvalue weighted by Gasteiger charge is -2.18. The molecule has 2 aliphatic rings. The number of amides is 4. The van der Waals surface area contributed by atoms with E-state index in [2.05, 4.69) is 10.6 Å². The molecule has 0 atom stereocenters. The number of rotatable bonds is 6. The molecule has 128 valence electrons. The highest BCUT2D eigenvalue weighted by atomic mass is 16.2. The van der Waals surface area contributed by atoms with Crippen LogP contribution in [0.2, 0.25) is 0 Å². The highest BCUT2D eigenvalue weighted by Crippen LogP contribution is 2.20. The number of carbonyl (C=O) groups is 3. The highest BCUT2D eigenvalue weighted by molar-refractivity contribution is 5.96. The molecule has 1 aromatic carbocycles. The van der Waals surface area contributed by atoms with Crippen molar-refractivity contribution in [3.05, 3.63) is 29.8 Å². The van der Waals surface area contributed by atoms with Crippen molar-refractivity contribution in [1.82, 2.24) is 15.5 Å². The molecule has 1 aliphatic carbocycles. The van der Waals surface area contributed by atoms with Gasteiger partial charge in [-0.15, -0.1) is 0 Å². The molecule has 0 aromatic heterocycles. The molecule has 2 N–H and O–H groups in total. The molecule has 7 nitrogen and oxygen atoms in total. The SMILES string of the molecule is Cc1ccc(N2CCN(CC(=O)NCC(=O)NC3CC3)C2=O)cc1. The Hall–Kier alpha value is -2.57. The number of nitrogens with zero attached hydrogens (tertiary/aromatic N) is 2. The maximum atomic E-state index is 12.4. The summed E-state index contributed by atoms with van der Waals surface area (Å²) >= 11 is 0. The molecule has 24 heavy (non-hydrogen) atoms. The van der Waals surface area contributed by atoms with Crippen LogP contribution in [0, 0.1) is 6.92 Å². The molecule has 1 heterocycles. The molecule has 7 heteroatoms. The average Bonchev–Trinajstić information content (AvgIpc) is 3.30. The van der Waals surface area contributed by atoms with Crippen LogP contribution in [0.15, 0.2) is 24.3 Å². The van der Waals surface area contributed by atoms with Crippen molar-refractivity contribution in [1.29, 1.82) is 0 Å². The van der Waals surface area contributed by atoms with Gasteiger partial charge in [0, 0.05) is 24.8 Å². The minimum absolute atomic E-state index is 0.0299. The topological polar surface area (TPSA) is 81.8 Å². The number of urea groups is 1. The number of hydrogen-bond acceptors (Lipinski definition) is 3. The molecule has 0 spiro atoms. The van der Waals surface area contributed by atoms with Gasteiger partial charge in [0.25, 0.3) is 0 Å². The van der Waals surface area contributed by atoms with E-state index in [9.17, 15) is 14.4 Å². The van der Waals surface area contributed by atoms with Crippen molar-refractivity contribution in [3.63, 3.8) is 0 Å². The highest BCUT2D eigenvalue weighted by Gasteiger charge is 2.31. The second-order valence-electron chi connectivity index (χ2n) is 6.31. The lowest BCUT2D eigenvalue weighted by atomic mass is 10.2. The third-order valence-corrected chi connectivity index (χ3v) is 4.16. The summed E-state index contributed by atoms with van der Waals surface area (Å²) in [6.07, 6.45) is 2.02. The van der Waals surface area contributed by atoms with Gasteiger partial charge in [-0.05, 0) is 31.9 Å². The summed E-state index contributed by atoms with van der Waals surface area (Å²) in [5.74, 6) is -0.500. The lowest BCUT2D eigenvalue weighted by molar-refractivity contribution is -0.126. The molecular weight excluding hydrogens is 308 g/mol. The van der Waals surface area contributed by atoms with E-state index in [1.165, 1.54) is 4.90 Å². The summed E-state index contributed by atoms with van der Waals surface area (Å²) in [7, 11) is 0. The van der Waals surface area contributed by atoms with Crippen molar-refractivity contribution in [2.75, 3.05) is 31.1 Å². The second kappa shape index (κ2) is 6.90.